The minimum atomic E-state index is 0.00782. The van der Waals surface area contributed by atoms with E-state index in [0.717, 1.165) is 38.1 Å². The molecular weight excluding hydrogens is 350 g/mol. The van der Waals surface area contributed by atoms with Crippen molar-refractivity contribution in [3.05, 3.63) is 46.5 Å². The van der Waals surface area contributed by atoms with E-state index in [-0.39, 0.29) is 18.6 Å². The minimum Gasteiger partial charge on any atom is -0.484 e. The molecule has 2 aromatic rings. The number of rotatable bonds is 4. The van der Waals surface area contributed by atoms with Crippen LogP contribution in [0.25, 0.3) is 0 Å². The number of halogens is 1. The van der Waals surface area contributed by atoms with Crippen molar-refractivity contribution >= 4 is 17.5 Å². The summed E-state index contributed by atoms with van der Waals surface area (Å²) in [5.41, 5.74) is 2.57. The number of amides is 1. The first-order chi connectivity index (χ1) is 12.6. The molecule has 1 saturated heterocycles. The largest absolute Gasteiger partial charge is 0.484 e. The molecule has 138 valence electrons. The Hall–Kier alpha value is -2.01. The number of carbonyl (C=O) groups is 1. The molecule has 0 saturated carbocycles. The third-order valence-electron chi connectivity index (χ3n) is 5.44. The second-order valence-electron chi connectivity index (χ2n) is 7.12. The van der Waals surface area contributed by atoms with Crippen LogP contribution in [0.4, 0.5) is 0 Å². The normalized spacial score (nSPS) is 19.5. The number of hydrogen-bond acceptors (Lipinski definition) is 3. The molecule has 1 atom stereocenters. The number of ether oxygens (including phenoxy) is 1. The first-order valence-corrected chi connectivity index (χ1v) is 9.73. The first kappa shape index (κ1) is 17.4. The molecule has 1 amide bonds. The topological polar surface area (TPSA) is 47.4 Å². The van der Waals surface area contributed by atoms with Gasteiger partial charge < -0.3 is 14.2 Å². The number of fused-ring (bicyclic) bond motifs is 1. The van der Waals surface area contributed by atoms with Crippen LogP contribution in [0.3, 0.4) is 0 Å². The fourth-order valence-electron chi connectivity index (χ4n) is 4.12. The lowest BCUT2D eigenvalue weighted by atomic mass is 10.0. The Labute approximate surface area is 158 Å². The van der Waals surface area contributed by atoms with Crippen molar-refractivity contribution < 1.29 is 9.53 Å². The summed E-state index contributed by atoms with van der Waals surface area (Å²) in [5.74, 6) is 1.66. The number of benzene rings is 1. The molecule has 0 spiro atoms. The summed E-state index contributed by atoms with van der Waals surface area (Å²) in [4.78, 5) is 19.6. The van der Waals surface area contributed by atoms with E-state index >= 15 is 0 Å². The standard InChI is InChI=1S/C20H24ClN3O2/c1-23-17-9-3-2-8-16(17)22-20(23)18-10-5-11-24(18)19(25)13-26-15-7-4-6-14(21)12-15/h4,6-7,12,18H,2-3,5,8-11,13H2,1H3/t18-/m0/s1. The van der Waals surface area contributed by atoms with Gasteiger partial charge >= 0.3 is 0 Å². The number of aryl methyl sites for hydroxylation is 1. The Kier molecular flexibility index (Phi) is 4.90. The van der Waals surface area contributed by atoms with Crippen LogP contribution in [0.15, 0.2) is 24.3 Å². The number of nitrogens with zero attached hydrogens (tertiary/aromatic N) is 3. The maximum absolute atomic E-state index is 12.8. The Morgan fingerprint density at radius 2 is 2.15 bits per heavy atom. The van der Waals surface area contributed by atoms with Crippen LogP contribution >= 0.6 is 11.6 Å². The van der Waals surface area contributed by atoms with E-state index in [1.165, 1.54) is 24.2 Å². The summed E-state index contributed by atoms with van der Waals surface area (Å²) < 4.78 is 7.88. The second-order valence-corrected chi connectivity index (χ2v) is 7.56. The van der Waals surface area contributed by atoms with Gasteiger partial charge in [-0.15, -0.1) is 0 Å². The zero-order valence-electron chi connectivity index (χ0n) is 15.1. The molecule has 2 aliphatic rings. The number of aromatic nitrogens is 2. The van der Waals surface area contributed by atoms with Gasteiger partial charge in [0.1, 0.15) is 11.6 Å². The van der Waals surface area contributed by atoms with Crippen LogP contribution in [0.1, 0.15) is 48.9 Å². The van der Waals surface area contributed by atoms with Crippen LogP contribution in [0, 0.1) is 0 Å². The van der Waals surface area contributed by atoms with Gasteiger partial charge in [-0.1, -0.05) is 17.7 Å². The SMILES string of the molecule is Cn1c([C@@H]2CCCN2C(=O)COc2cccc(Cl)c2)nc2c1CCCC2. The van der Waals surface area contributed by atoms with Gasteiger partial charge in [-0.25, -0.2) is 4.98 Å². The Balaban J connectivity index is 1.48. The molecule has 0 radical (unpaired) electrons. The summed E-state index contributed by atoms with van der Waals surface area (Å²) in [6.07, 6.45) is 6.56. The average molecular weight is 374 g/mol. The highest BCUT2D eigenvalue weighted by atomic mass is 35.5. The Morgan fingerprint density at radius 3 is 2.96 bits per heavy atom. The van der Waals surface area contributed by atoms with Crippen LogP contribution in [0.5, 0.6) is 5.75 Å². The van der Waals surface area contributed by atoms with Crippen molar-refractivity contribution in [2.75, 3.05) is 13.2 Å². The van der Waals surface area contributed by atoms with E-state index < -0.39 is 0 Å². The molecule has 0 N–H and O–H groups in total. The summed E-state index contributed by atoms with van der Waals surface area (Å²) >= 11 is 5.97. The van der Waals surface area contributed by atoms with E-state index in [1.54, 1.807) is 12.1 Å². The maximum atomic E-state index is 12.8. The van der Waals surface area contributed by atoms with Crippen molar-refractivity contribution in [3.63, 3.8) is 0 Å². The quantitative estimate of drug-likeness (QED) is 0.821. The predicted octanol–water partition coefficient (Wildman–Crippen LogP) is 3.69. The van der Waals surface area contributed by atoms with E-state index in [2.05, 4.69) is 11.6 Å². The third-order valence-corrected chi connectivity index (χ3v) is 5.67. The van der Waals surface area contributed by atoms with Gasteiger partial charge in [0.05, 0.1) is 11.7 Å². The molecule has 1 aromatic carbocycles. The van der Waals surface area contributed by atoms with E-state index in [0.29, 0.717) is 10.8 Å². The molecule has 2 heterocycles. The zero-order valence-corrected chi connectivity index (χ0v) is 15.8. The summed E-state index contributed by atoms with van der Waals surface area (Å²) in [7, 11) is 2.09. The van der Waals surface area contributed by atoms with Crippen molar-refractivity contribution in [1.29, 1.82) is 0 Å². The molecular formula is C20H24ClN3O2. The highest BCUT2D eigenvalue weighted by Crippen LogP contribution is 2.34. The van der Waals surface area contributed by atoms with E-state index in [4.69, 9.17) is 21.3 Å². The maximum Gasteiger partial charge on any atom is 0.261 e. The molecule has 26 heavy (non-hydrogen) atoms. The number of carbonyl (C=O) groups excluding carboxylic acids is 1. The molecule has 6 heteroatoms. The monoisotopic (exact) mass is 373 g/mol. The molecule has 1 aliphatic carbocycles. The molecule has 1 fully saturated rings. The van der Waals surface area contributed by atoms with Crippen LogP contribution in [-0.2, 0) is 24.7 Å². The van der Waals surface area contributed by atoms with Gasteiger partial charge in [-0.3, -0.25) is 4.79 Å². The summed E-state index contributed by atoms with van der Waals surface area (Å²) in [6.45, 7) is 0.793. The fourth-order valence-corrected chi connectivity index (χ4v) is 4.30. The lowest BCUT2D eigenvalue weighted by molar-refractivity contribution is -0.134. The molecule has 1 aliphatic heterocycles. The number of likely N-dealkylation sites (tertiary alicyclic amines) is 1. The smallest absolute Gasteiger partial charge is 0.261 e. The van der Waals surface area contributed by atoms with Gasteiger partial charge in [0, 0.05) is 24.3 Å². The summed E-state index contributed by atoms with van der Waals surface area (Å²) in [6, 6.07) is 7.20. The van der Waals surface area contributed by atoms with Gasteiger partial charge in [-0.05, 0) is 56.7 Å². The zero-order chi connectivity index (χ0) is 18.1. The highest BCUT2D eigenvalue weighted by Gasteiger charge is 2.34. The Morgan fingerprint density at radius 1 is 1.31 bits per heavy atom. The second kappa shape index (κ2) is 7.31. The van der Waals surface area contributed by atoms with Crippen molar-refractivity contribution in [2.45, 2.75) is 44.6 Å². The van der Waals surface area contributed by atoms with Crippen LogP contribution in [-0.4, -0.2) is 33.5 Å². The van der Waals surface area contributed by atoms with Crippen molar-refractivity contribution in [2.24, 2.45) is 7.05 Å². The van der Waals surface area contributed by atoms with E-state index in [1.807, 2.05) is 17.0 Å². The summed E-state index contributed by atoms with van der Waals surface area (Å²) in [5, 5.41) is 0.604. The van der Waals surface area contributed by atoms with Crippen molar-refractivity contribution in [1.82, 2.24) is 14.5 Å². The average Bonchev–Trinajstić information content (AvgIpc) is 3.25. The highest BCUT2D eigenvalue weighted by molar-refractivity contribution is 6.30. The molecule has 5 nitrogen and oxygen atoms in total. The van der Waals surface area contributed by atoms with Gasteiger partial charge in [-0.2, -0.15) is 0 Å². The van der Waals surface area contributed by atoms with Gasteiger partial charge in [0.2, 0.25) is 0 Å². The molecule has 0 bridgehead atoms. The molecule has 0 unspecified atom stereocenters. The lowest BCUT2D eigenvalue weighted by Gasteiger charge is -2.24. The first-order valence-electron chi connectivity index (χ1n) is 9.35. The van der Waals surface area contributed by atoms with Gasteiger partial charge in [0.25, 0.3) is 5.91 Å². The lowest BCUT2D eigenvalue weighted by Crippen LogP contribution is -2.35. The fraction of sp³-hybridized carbons (Fsp3) is 0.500. The molecule has 1 aromatic heterocycles. The number of imidazole rings is 1. The van der Waals surface area contributed by atoms with Crippen LogP contribution < -0.4 is 4.74 Å². The third kappa shape index (κ3) is 3.32. The van der Waals surface area contributed by atoms with Crippen LogP contribution in [0.2, 0.25) is 5.02 Å². The molecule has 4 rings (SSSR count). The number of hydrogen-bond donors (Lipinski definition) is 0. The van der Waals surface area contributed by atoms with E-state index in [9.17, 15) is 4.79 Å². The predicted molar refractivity (Wildman–Crippen MR) is 100 cm³/mol. The minimum absolute atomic E-state index is 0.00782. The van der Waals surface area contributed by atoms with Crippen molar-refractivity contribution in [3.8, 4) is 5.75 Å². The van der Waals surface area contributed by atoms with Gasteiger partial charge in [0.15, 0.2) is 6.61 Å². The Bertz CT molecular complexity index is 817.